The zero-order valence-electron chi connectivity index (χ0n) is 9.69. The Kier molecular flexibility index (Phi) is 4.19. The Bertz CT molecular complexity index is 494. The predicted molar refractivity (Wildman–Crippen MR) is 68.7 cm³/mol. The van der Waals surface area contributed by atoms with Crippen molar-refractivity contribution < 1.29 is 14.7 Å². The summed E-state index contributed by atoms with van der Waals surface area (Å²) in [4.78, 5) is 0. The van der Waals surface area contributed by atoms with Crippen molar-refractivity contribution in [2.24, 2.45) is 5.16 Å². The van der Waals surface area contributed by atoms with Gasteiger partial charge in [0.25, 0.3) is 0 Å². The van der Waals surface area contributed by atoms with Gasteiger partial charge < -0.3 is 14.7 Å². The molecule has 0 fully saturated rings. The molecule has 0 bridgehead atoms. The van der Waals surface area contributed by atoms with Crippen LogP contribution in [-0.2, 0) is 0 Å². The molecule has 0 amide bonds. The van der Waals surface area contributed by atoms with Crippen molar-refractivity contribution >= 4 is 6.21 Å². The molecule has 0 atom stereocenters. The fourth-order valence-electron chi connectivity index (χ4n) is 1.40. The van der Waals surface area contributed by atoms with E-state index < -0.39 is 0 Å². The van der Waals surface area contributed by atoms with E-state index in [0.29, 0.717) is 5.75 Å². The minimum absolute atomic E-state index is 0.232. The van der Waals surface area contributed by atoms with Crippen LogP contribution in [0, 0.1) is 0 Å². The van der Waals surface area contributed by atoms with Gasteiger partial charge in [-0.1, -0.05) is 23.4 Å². The van der Waals surface area contributed by atoms with Gasteiger partial charge in [0.2, 0.25) is 0 Å². The van der Waals surface area contributed by atoms with Crippen LogP contribution in [0.1, 0.15) is 0 Å². The molecule has 92 valence electrons. The van der Waals surface area contributed by atoms with Crippen molar-refractivity contribution in [1.82, 2.24) is 0 Å². The number of hydrogen-bond donors (Lipinski definition) is 1. The Morgan fingerprint density at radius 3 is 2.17 bits per heavy atom. The van der Waals surface area contributed by atoms with Crippen molar-refractivity contribution in [3.05, 3.63) is 54.6 Å². The zero-order chi connectivity index (χ0) is 12.6. The fraction of sp³-hybridized carbons (Fsp3) is 0.0714. The largest absolute Gasteiger partial charge is 0.488 e. The molecule has 4 heteroatoms. The molecule has 4 nitrogen and oxygen atoms in total. The maximum atomic E-state index is 8.22. The number of para-hydroxylation sites is 1. The molecule has 1 N–H and O–H groups in total. The highest BCUT2D eigenvalue weighted by molar-refractivity contribution is 5.58. The van der Waals surface area contributed by atoms with Crippen LogP contribution in [0.3, 0.4) is 0 Å². The summed E-state index contributed by atoms with van der Waals surface area (Å²) in [5.74, 6) is 2.22. The van der Waals surface area contributed by atoms with E-state index in [0.717, 1.165) is 11.5 Å². The molecule has 0 unspecified atom stereocenters. The quantitative estimate of drug-likeness (QED) is 0.498. The lowest BCUT2D eigenvalue weighted by molar-refractivity contribution is 0.312. The van der Waals surface area contributed by atoms with Gasteiger partial charge in [0.1, 0.15) is 23.9 Å². The van der Waals surface area contributed by atoms with Gasteiger partial charge in [0, 0.05) is 0 Å². The van der Waals surface area contributed by atoms with Gasteiger partial charge >= 0.3 is 0 Å². The maximum Gasteiger partial charge on any atom is 0.127 e. The predicted octanol–water partition coefficient (Wildman–Crippen LogP) is 3.32. The molecule has 18 heavy (non-hydrogen) atoms. The maximum absolute atomic E-state index is 8.22. The molecular weight excluding hydrogens is 230 g/mol. The highest BCUT2D eigenvalue weighted by Gasteiger charge is 1.97. The van der Waals surface area contributed by atoms with Gasteiger partial charge in [-0.15, -0.1) is 0 Å². The monoisotopic (exact) mass is 243 g/mol. The second kappa shape index (κ2) is 6.30. The Hall–Kier alpha value is -2.49. The average molecular weight is 243 g/mol. The zero-order valence-corrected chi connectivity index (χ0v) is 9.69. The molecule has 0 saturated heterocycles. The van der Waals surface area contributed by atoms with Crippen LogP contribution in [0.4, 0.5) is 0 Å². The Morgan fingerprint density at radius 2 is 1.50 bits per heavy atom. The molecule has 0 aromatic heterocycles. The summed E-state index contributed by atoms with van der Waals surface area (Å²) in [7, 11) is 0. The van der Waals surface area contributed by atoms with Crippen LogP contribution in [-0.4, -0.2) is 18.0 Å². The highest BCUT2D eigenvalue weighted by atomic mass is 16.5. The van der Waals surface area contributed by atoms with Crippen molar-refractivity contribution in [3.63, 3.8) is 0 Å². The molecule has 0 aliphatic heterocycles. The first-order valence-electron chi connectivity index (χ1n) is 5.50. The number of rotatable bonds is 5. The van der Waals surface area contributed by atoms with E-state index in [-0.39, 0.29) is 6.61 Å². The van der Waals surface area contributed by atoms with E-state index in [1.165, 1.54) is 6.21 Å². The number of ether oxygens (including phenoxy) is 2. The van der Waals surface area contributed by atoms with E-state index in [2.05, 4.69) is 5.16 Å². The van der Waals surface area contributed by atoms with Crippen LogP contribution in [0.15, 0.2) is 59.8 Å². The van der Waals surface area contributed by atoms with E-state index >= 15 is 0 Å². The van der Waals surface area contributed by atoms with E-state index in [1.54, 1.807) is 12.1 Å². The lowest BCUT2D eigenvalue weighted by atomic mass is 10.3. The van der Waals surface area contributed by atoms with Gasteiger partial charge in [-0.05, 0) is 36.4 Å². The van der Waals surface area contributed by atoms with Gasteiger partial charge in [0.15, 0.2) is 0 Å². The van der Waals surface area contributed by atoms with E-state index in [1.807, 2.05) is 42.5 Å². The van der Waals surface area contributed by atoms with Crippen molar-refractivity contribution in [2.75, 3.05) is 6.61 Å². The number of hydrogen-bond acceptors (Lipinski definition) is 4. The minimum atomic E-state index is 0.232. The second-order valence-corrected chi connectivity index (χ2v) is 3.50. The summed E-state index contributed by atoms with van der Waals surface area (Å²) in [6.45, 7) is 0.232. The first-order valence-corrected chi connectivity index (χ1v) is 5.50. The molecule has 0 aliphatic rings. The number of nitrogens with zero attached hydrogens (tertiary/aromatic N) is 1. The molecule has 2 aromatic carbocycles. The number of oxime groups is 1. The van der Waals surface area contributed by atoms with Gasteiger partial charge in [-0.2, -0.15) is 0 Å². The molecule has 0 aliphatic carbocycles. The van der Waals surface area contributed by atoms with Crippen LogP contribution >= 0.6 is 0 Å². The third-order valence-corrected chi connectivity index (χ3v) is 2.21. The lowest BCUT2D eigenvalue weighted by Gasteiger charge is -2.06. The molecule has 0 heterocycles. The summed E-state index contributed by atoms with van der Waals surface area (Å²) in [6, 6.07) is 16.8. The topological polar surface area (TPSA) is 51.1 Å². The molecule has 0 radical (unpaired) electrons. The molecule has 2 aromatic rings. The summed E-state index contributed by atoms with van der Waals surface area (Å²) in [6.07, 6.45) is 1.27. The van der Waals surface area contributed by atoms with Gasteiger partial charge in [-0.3, -0.25) is 0 Å². The third-order valence-electron chi connectivity index (χ3n) is 2.21. The minimum Gasteiger partial charge on any atom is -0.488 e. The highest BCUT2D eigenvalue weighted by Crippen LogP contribution is 2.23. The van der Waals surface area contributed by atoms with E-state index in [4.69, 9.17) is 14.7 Å². The summed E-state index contributed by atoms with van der Waals surface area (Å²) >= 11 is 0. The molecule has 0 spiro atoms. The van der Waals surface area contributed by atoms with Crippen molar-refractivity contribution in [1.29, 1.82) is 0 Å². The molecular formula is C14H13NO3. The van der Waals surface area contributed by atoms with Crippen LogP contribution in [0.2, 0.25) is 0 Å². The molecule has 2 rings (SSSR count). The standard InChI is InChI=1S/C14H13NO3/c16-15-10-11-17-12-6-8-14(9-7-12)18-13-4-2-1-3-5-13/h1-10,16H,11H2. The van der Waals surface area contributed by atoms with E-state index in [9.17, 15) is 0 Å². The summed E-state index contributed by atoms with van der Waals surface area (Å²) < 4.78 is 10.9. The smallest absolute Gasteiger partial charge is 0.127 e. The molecule has 0 saturated carbocycles. The normalized spacial score (nSPS) is 10.4. The lowest BCUT2D eigenvalue weighted by Crippen LogP contribution is -1.97. The Balaban J connectivity index is 1.95. The first kappa shape index (κ1) is 12.0. The van der Waals surface area contributed by atoms with Gasteiger partial charge in [-0.25, -0.2) is 0 Å². The van der Waals surface area contributed by atoms with Crippen molar-refractivity contribution in [3.8, 4) is 17.2 Å². The van der Waals surface area contributed by atoms with Crippen LogP contribution in [0.5, 0.6) is 17.2 Å². The van der Waals surface area contributed by atoms with Gasteiger partial charge in [0.05, 0.1) is 6.21 Å². The summed E-state index contributed by atoms with van der Waals surface area (Å²) in [5.41, 5.74) is 0. The fourth-order valence-corrected chi connectivity index (χ4v) is 1.40. The summed E-state index contributed by atoms with van der Waals surface area (Å²) in [5, 5.41) is 11.1. The second-order valence-electron chi connectivity index (χ2n) is 3.50. The SMILES string of the molecule is ON=CCOc1ccc(Oc2ccccc2)cc1. The first-order chi connectivity index (χ1) is 8.88. The van der Waals surface area contributed by atoms with Crippen LogP contribution in [0.25, 0.3) is 0 Å². The van der Waals surface area contributed by atoms with Crippen molar-refractivity contribution in [2.45, 2.75) is 0 Å². The Morgan fingerprint density at radius 1 is 0.889 bits per heavy atom. The van der Waals surface area contributed by atoms with Crippen LogP contribution < -0.4 is 9.47 Å². The third kappa shape index (κ3) is 3.52. The average Bonchev–Trinajstić information content (AvgIpc) is 2.42. The number of benzene rings is 2. The Labute approximate surface area is 105 Å².